The lowest BCUT2D eigenvalue weighted by Crippen LogP contribution is -2.15. The number of sulfonamides is 1. The number of rotatable bonds is 6. The molecule has 1 N–H and O–H groups in total. The summed E-state index contributed by atoms with van der Waals surface area (Å²) in [5.41, 5.74) is 4.74. The number of pyridine rings is 1. The highest BCUT2D eigenvalue weighted by atomic mass is 32.2. The number of aryl methyl sites for hydroxylation is 1. The highest BCUT2D eigenvalue weighted by Crippen LogP contribution is 2.16. The van der Waals surface area contributed by atoms with Crippen LogP contribution in [-0.2, 0) is 22.2 Å². The van der Waals surface area contributed by atoms with Crippen LogP contribution in [0.4, 0.5) is 5.69 Å². The van der Waals surface area contributed by atoms with Gasteiger partial charge in [0.15, 0.2) is 0 Å². The van der Waals surface area contributed by atoms with Crippen molar-refractivity contribution in [1.29, 1.82) is 0 Å². The molecule has 128 valence electrons. The molecule has 3 rings (SSSR count). The van der Waals surface area contributed by atoms with E-state index in [1.165, 1.54) is 5.56 Å². The zero-order valence-electron chi connectivity index (χ0n) is 14.0. The molecule has 1 heterocycles. The molecule has 0 radical (unpaired) electrons. The van der Waals surface area contributed by atoms with Crippen molar-refractivity contribution in [2.75, 3.05) is 4.72 Å². The van der Waals surface area contributed by atoms with Crippen LogP contribution in [0.25, 0.3) is 0 Å². The van der Waals surface area contributed by atoms with E-state index >= 15 is 0 Å². The third kappa shape index (κ3) is 5.16. The second-order valence-corrected chi connectivity index (χ2v) is 7.80. The van der Waals surface area contributed by atoms with Gasteiger partial charge in [-0.15, -0.1) is 0 Å². The van der Waals surface area contributed by atoms with Crippen LogP contribution >= 0.6 is 0 Å². The van der Waals surface area contributed by atoms with Crippen LogP contribution in [0.3, 0.4) is 0 Å². The number of nitrogens with one attached hydrogen (secondary N) is 1. The predicted octanol–water partition coefficient (Wildman–Crippen LogP) is 3.92. The molecule has 0 amide bonds. The molecule has 0 unspecified atom stereocenters. The van der Waals surface area contributed by atoms with Crippen LogP contribution in [-0.4, -0.2) is 13.4 Å². The maximum Gasteiger partial charge on any atom is 0.236 e. The molecular formula is C20H20N2O2S. The Labute approximate surface area is 148 Å². The summed E-state index contributed by atoms with van der Waals surface area (Å²) in [6.45, 7) is 1.98. The molecule has 0 saturated heterocycles. The molecule has 0 bridgehead atoms. The molecule has 0 aliphatic heterocycles. The van der Waals surface area contributed by atoms with E-state index < -0.39 is 10.0 Å². The van der Waals surface area contributed by atoms with Crippen molar-refractivity contribution in [3.05, 3.63) is 95.3 Å². The lowest BCUT2D eigenvalue weighted by Gasteiger charge is -2.09. The number of anilines is 1. The van der Waals surface area contributed by atoms with Gasteiger partial charge >= 0.3 is 0 Å². The van der Waals surface area contributed by atoms with Crippen LogP contribution in [0.2, 0.25) is 0 Å². The molecule has 3 aromatic rings. The van der Waals surface area contributed by atoms with Crippen LogP contribution in [0.15, 0.2) is 73.1 Å². The summed E-state index contributed by atoms with van der Waals surface area (Å²) < 4.78 is 27.3. The normalized spacial score (nSPS) is 11.2. The minimum Gasteiger partial charge on any atom is -0.283 e. The van der Waals surface area contributed by atoms with Gasteiger partial charge in [0.2, 0.25) is 10.0 Å². The topological polar surface area (TPSA) is 59.1 Å². The minimum absolute atomic E-state index is 0.0357. The molecule has 5 heteroatoms. The van der Waals surface area contributed by atoms with E-state index in [2.05, 4.69) is 9.71 Å². The van der Waals surface area contributed by atoms with Gasteiger partial charge in [0.05, 0.1) is 5.75 Å². The van der Waals surface area contributed by atoms with E-state index in [4.69, 9.17) is 0 Å². The number of hydrogen-bond acceptors (Lipinski definition) is 3. The van der Waals surface area contributed by atoms with Gasteiger partial charge in [-0.2, -0.15) is 0 Å². The van der Waals surface area contributed by atoms with Crippen molar-refractivity contribution in [2.24, 2.45) is 0 Å². The fourth-order valence-corrected chi connectivity index (χ4v) is 3.74. The molecule has 0 saturated carbocycles. The number of aromatic nitrogens is 1. The lowest BCUT2D eigenvalue weighted by atomic mass is 10.1. The zero-order chi connectivity index (χ0) is 17.7. The zero-order valence-corrected chi connectivity index (χ0v) is 14.8. The third-order valence-electron chi connectivity index (χ3n) is 3.86. The van der Waals surface area contributed by atoms with Gasteiger partial charge in [0.1, 0.15) is 0 Å². The van der Waals surface area contributed by atoms with E-state index in [9.17, 15) is 8.42 Å². The Hall–Kier alpha value is -2.66. The van der Waals surface area contributed by atoms with E-state index in [0.717, 1.165) is 23.1 Å². The van der Waals surface area contributed by atoms with Gasteiger partial charge in [0, 0.05) is 18.1 Å². The van der Waals surface area contributed by atoms with Gasteiger partial charge in [-0.05, 0) is 54.3 Å². The first-order chi connectivity index (χ1) is 12.0. The molecule has 0 spiro atoms. The Balaban J connectivity index is 1.65. The summed E-state index contributed by atoms with van der Waals surface area (Å²) >= 11 is 0. The Morgan fingerprint density at radius 3 is 2.00 bits per heavy atom. The molecule has 25 heavy (non-hydrogen) atoms. The highest BCUT2D eigenvalue weighted by molar-refractivity contribution is 7.91. The first kappa shape index (κ1) is 17.2. The second-order valence-electron chi connectivity index (χ2n) is 6.08. The molecule has 0 fully saturated rings. The van der Waals surface area contributed by atoms with E-state index in [-0.39, 0.29) is 5.75 Å². The summed E-state index contributed by atoms with van der Waals surface area (Å²) in [4.78, 5) is 4.00. The first-order valence-corrected chi connectivity index (χ1v) is 9.69. The van der Waals surface area contributed by atoms with Crippen molar-refractivity contribution in [1.82, 2.24) is 4.98 Å². The average molecular weight is 352 g/mol. The molecule has 4 nitrogen and oxygen atoms in total. The van der Waals surface area contributed by atoms with Gasteiger partial charge in [-0.1, -0.05) is 42.0 Å². The standard InChI is InChI=1S/C20H20N2O2S/c1-16-2-4-19(5-3-16)15-25(23,24)22-20-8-6-17(7-9-20)14-18-10-12-21-13-11-18/h2-13,22H,14-15H2,1H3. The summed E-state index contributed by atoms with van der Waals surface area (Å²) in [5.74, 6) is -0.0357. The van der Waals surface area contributed by atoms with Crippen molar-refractivity contribution < 1.29 is 8.42 Å². The quantitative estimate of drug-likeness (QED) is 0.731. The second kappa shape index (κ2) is 7.49. The Kier molecular flexibility index (Phi) is 5.14. The van der Waals surface area contributed by atoms with E-state index in [0.29, 0.717) is 5.69 Å². The summed E-state index contributed by atoms with van der Waals surface area (Å²) in [6.07, 6.45) is 4.32. The Bertz CT molecular complexity index is 920. The third-order valence-corrected chi connectivity index (χ3v) is 5.12. The number of benzene rings is 2. The van der Waals surface area contributed by atoms with Gasteiger partial charge in [-0.3, -0.25) is 9.71 Å². The predicted molar refractivity (Wildman–Crippen MR) is 101 cm³/mol. The van der Waals surface area contributed by atoms with Crippen LogP contribution < -0.4 is 4.72 Å². The maximum absolute atomic E-state index is 12.3. The van der Waals surface area contributed by atoms with Gasteiger partial charge < -0.3 is 0 Å². The molecule has 0 aliphatic carbocycles. The van der Waals surface area contributed by atoms with Crippen molar-refractivity contribution in [2.45, 2.75) is 19.1 Å². The molecule has 1 aromatic heterocycles. The first-order valence-electron chi connectivity index (χ1n) is 8.04. The smallest absolute Gasteiger partial charge is 0.236 e. The Morgan fingerprint density at radius 1 is 0.800 bits per heavy atom. The number of hydrogen-bond donors (Lipinski definition) is 1. The van der Waals surface area contributed by atoms with E-state index in [1.807, 2.05) is 55.5 Å². The minimum atomic E-state index is -3.43. The highest BCUT2D eigenvalue weighted by Gasteiger charge is 2.11. The van der Waals surface area contributed by atoms with Gasteiger partial charge in [-0.25, -0.2) is 8.42 Å². The summed E-state index contributed by atoms with van der Waals surface area (Å²) in [7, 11) is -3.43. The van der Waals surface area contributed by atoms with Crippen LogP contribution in [0, 0.1) is 6.92 Å². The average Bonchev–Trinajstić information content (AvgIpc) is 2.59. The molecular weight excluding hydrogens is 332 g/mol. The summed E-state index contributed by atoms with van der Waals surface area (Å²) in [6, 6.07) is 18.9. The van der Waals surface area contributed by atoms with Crippen LogP contribution in [0.5, 0.6) is 0 Å². The fraction of sp³-hybridized carbons (Fsp3) is 0.150. The largest absolute Gasteiger partial charge is 0.283 e. The molecule has 2 aromatic carbocycles. The van der Waals surface area contributed by atoms with Crippen molar-refractivity contribution >= 4 is 15.7 Å². The maximum atomic E-state index is 12.3. The summed E-state index contributed by atoms with van der Waals surface area (Å²) in [5, 5.41) is 0. The fourth-order valence-electron chi connectivity index (χ4n) is 2.55. The Morgan fingerprint density at radius 2 is 1.36 bits per heavy atom. The molecule has 0 aliphatic rings. The molecule has 0 atom stereocenters. The lowest BCUT2D eigenvalue weighted by molar-refractivity contribution is 0.600. The van der Waals surface area contributed by atoms with Gasteiger partial charge in [0.25, 0.3) is 0 Å². The van der Waals surface area contributed by atoms with Crippen LogP contribution in [0.1, 0.15) is 22.3 Å². The monoisotopic (exact) mass is 352 g/mol. The van der Waals surface area contributed by atoms with Crippen molar-refractivity contribution in [3.8, 4) is 0 Å². The number of nitrogens with zero attached hydrogens (tertiary/aromatic N) is 1. The van der Waals surface area contributed by atoms with Crippen molar-refractivity contribution in [3.63, 3.8) is 0 Å². The van der Waals surface area contributed by atoms with E-state index in [1.54, 1.807) is 24.5 Å². The SMILES string of the molecule is Cc1ccc(CS(=O)(=O)Nc2ccc(Cc3ccncc3)cc2)cc1.